The van der Waals surface area contributed by atoms with Crippen LogP contribution in [0, 0.1) is 13.8 Å². The van der Waals surface area contributed by atoms with E-state index in [4.69, 9.17) is 0 Å². The number of aliphatic carboxylic acids is 2. The van der Waals surface area contributed by atoms with Crippen LogP contribution in [0.2, 0.25) is 0 Å². The third-order valence-corrected chi connectivity index (χ3v) is 4.00. The van der Waals surface area contributed by atoms with Gasteiger partial charge < -0.3 is 15.3 Å². The normalized spacial score (nSPS) is 12.7. The van der Waals surface area contributed by atoms with Gasteiger partial charge in [0.25, 0.3) is 0 Å². The number of hydrogen-bond donors (Lipinski definition) is 3. The number of rotatable bonds is 5. The first kappa shape index (κ1) is 16.7. The van der Waals surface area contributed by atoms with Gasteiger partial charge in [-0.05, 0) is 25.0 Å². The second-order valence-electron chi connectivity index (χ2n) is 5.59. The highest BCUT2D eigenvalue weighted by Gasteiger charge is 2.52. The molecule has 0 heterocycles. The molecule has 0 amide bonds. The van der Waals surface area contributed by atoms with Crippen molar-refractivity contribution in [1.29, 1.82) is 0 Å². The van der Waals surface area contributed by atoms with E-state index in [2.05, 4.69) is 0 Å². The van der Waals surface area contributed by atoms with Crippen molar-refractivity contribution in [3.63, 3.8) is 0 Å². The van der Waals surface area contributed by atoms with Crippen molar-refractivity contribution in [3.8, 4) is 0 Å². The molecular formula is C18H18O5. The van der Waals surface area contributed by atoms with E-state index in [1.807, 2.05) is 13.8 Å². The van der Waals surface area contributed by atoms with E-state index in [1.165, 1.54) is 24.3 Å². The molecule has 5 heteroatoms. The maximum atomic E-state index is 12.1. The topological polar surface area (TPSA) is 94.8 Å². The summed E-state index contributed by atoms with van der Waals surface area (Å²) in [5.74, 6) is -3.01. The molecule has 0 saturated heterocycles. The molecule has 23 heavy (non-hydrogen) atoms. The third kappa shape index (κ3) is 2.83. The van der Waals surface area contributed by atoms with Crippen LogP contribution in [-0.4, -0.2) is 33.4 Å². The fraction of sp³-hybridized carbons (Fsp3) is 0.222. The number of hydrogen-bond acceptors (Lipinski definition) is 3. The summed E-state index contributed by atoms with van der Waals surface area (Å²) in [6, 6.07) is 12.9. The zero-order valence-electron chi connectivity index (χ0n) is 12.9. The zero-order chi connectivity index (χ0) is 17.2. The van der Waals surface area contributed by atoms with Crippen LogP contribution in [0.15, 0.2) is 48.5 Å². The predicted molar refractivity (Wildman–Crippen MR) is 84.4 cm³/mol. The molecule has 0 aliphatic carbocycles. The van der Waals surface area contributed by atoms with Crippen molar-refractivity contribution in [3.05, 3.63) is 70.8 Å². The Bertz CT molecular complexity index is 671. The van der Waals surface area contributed by atoms with Gasteiger partial charge >= 0.3 is 11.9 Å². The molecule has 0 aliphatic rings. The molecule has 0 bridgehead atoms. The molecule has 2 aromatic rings. The quantitative estimate of drug-likeness (QED) is 0.786. The average Bonchev–Trinajstić information content (AvgIpc) is 2.50. The van der Waals surface area contributed by atoms with E-state index in [0.717, 1.165) is 11.1 Å². The van der Waals surface area contributed by atoms with Gasteiger partial charge in [-0.3, -0.25) is 4.79 Å². The summed E-state index contributed by atoms with van der Waals surface area (Å²) in [7, 11) is 0. The van der Waals surface area contributed by atoms with Crippen LogP contribution < -0.4 is 0 Å². The molecule has 120 valence electrons. The smallest absolute Gasteiger partial charge is 0.334 e. The van der Waals surface area contributed by atoms with Crippen LogP contribution in [0.1, 0.15) is 22.3 Å². The van der Waals surface area contributed by atoms with Crippen molar-refractivity contribution in [2.24, 2.45) is 0 Å². The van der Waals surface area contributed by atoms with Gasteiger partial charge in [0.15, 0.2) is 11.5 Å². The molecule has 0 radical (unpaired) electrons. The van der Waals surface area contributed by atoms with Gasteiger partial charge in [-0.15, -0.1) is 0 Å². The van der Waals surface area contributed by atoms with Crippen LogP contribution in [0.4, 0.5) is 0 Å². The summed E-state index contributed by atoms with van der Waals surface area (Å²) < 4.78 is 0. The second-order valence-corrected chi connectivity index (χ2v) is 5.59. The molecule has 0 aromatic heterocycles. The molecule has 0 spiro atoms. The second kappa shape index (κ2) is 6.22. The highest BCUT2D eigenvalue weighted by molar-refractivity contribution is 5.93. The Hall–Kier alpha value is -2.66. The van der Waals surface area contributed by atoms with E-state index in [9.17, 15) is 24.9 Å². The Balaban J connectivity index is 2.80. The lowest BCUT2D eigenvalue weighted by Gasteiger charge is -2.33. The van der Waals surface area contributed by atoms with Gasteiger partial charge in [0.05, 0.1) is 0 Å². The molecule has 0 saturated carbocycles. The first-order chi connectivity index (χ1) is 10.8. The number of carboxylic acid groups (broad SMARTS) is 2. The van der Waals surface area contributed by atoms with Crippen LogP contribution in [-0.2, 0) is 15.0 Å². The zero-order valence-corrected chi connectivity index (χ0v) is 12.9. The van der Waals surface area contributed by atoms with Gasteiger partial charge in [-0.1, -0.05) is 59.7 Å². The maximum Gasteiger partial charge on any atom is 0.334 e. The number of aliphatic hydroxyl groups excluding tert-OH is 1. The monoisotopic (exact) mass is 314 g/mol. The lowest BCUT2D eigenvalue weighted by Crippen LogP contribution is -2.51. The Labute approximate surface area is 133 Å². The lowest BCUT2D eigenvalue weighted by atomic mass is 9.70. The Morgan fingerprint density at radius 1 is 0.826 bits per heavy atom. The largest absolute Gasteiger partial charge is 0.480 e. The summed E-state index contributed by atoms with van der Waals surface area (Å²) in [5.41, 5.74) is 0.167. The summed E-state index contributed by atoms with van der Waals surface area (Å²) in [5, 5.41) is 29.4. The van der Waals surface area contributed by atoms with Gasteiger partial charge in [0.2, 0.25) is 0 Å². The van der Waals surface area contributed by atoms with Crippen molar-refractivity contribution >= 4 is 11.9 Å². The van der Waals surface area contributed by atoms with Gasteiger partial charge in [0.1, 0.15) is 0 Å². The Kier molecular flexibility index (Phi) is 4.52. The van der Waals surface area contributed by atoms with Crippen molar-refractivity contribution < 1.29 is 24.9 Å². The minimum atomic E-state index is -2.12. The van der Waals surface area contributed by atoms with E-state index in [0.29, 0.717) is 0 Å². The van der Waals surface area contributed by atoms with Crippen LogP contribution >= 0.6 is 0 Å². The minimum Gasteiger partial charge on any atom is -0.480 e. The highest BCUT2D eigenvalue weighted by Crippen LogP contribution is 2.37. The maximum absolute atomic E-state index is 12.1. The third-order valence-electron chi connectivity index (χ3n) is 4.00. The Morgan fingerprint density at radius 3 is 1.43 bits per heavy atom. The van der Waals surface area contributed by atoms with E-state index >= 15 is 0 Å². The van der Waals surface area contributed by atoms with Crippen molar-refractivity contribution in [2.75, 3.05) is 0 Å². The van der Waals surface area contributed by atoms with Crippen molar-refractivity contribution in [1.82, 2.24) is 0 Å². The number of aryl methyl sites for hydroxylation is 2. The fourth-order valence-corrected chi connectivity index (χ4v) is 2.66. The summed E-state index contributed by atoms with van der Waals surface area (Å²) in [6.07, 6.45) is -2.12. The molecule has 0 aliphatic heterocycles. The molecule has 3 N–H and O–H groups in total. The van der Waals surface area contributed by atoms with Gasteiger partial charge in [-0.2, -0.15) is 0 Å². The highest BCUT2D eigenvalue weighted by atomic mass is 16.4. The molecule has 5 nitrogen and oxygen atoms in total. The summed E-state index contributed by atoms with van der Waals surface area (Å²) >= 11 is 0. The SMILES string of the molecule is Cc1ccc(C(C(=O)O)(c2ccc(C)cc2)C(O)C(=O)O)cc1. The van der Waals surface area contributed by atoms with Crippen molar-refractivity contribution in [2.45, 2.75) is 25.4 Å². The lowest BCUT2D eigenvalue weighted by molar-refractivity contribution is -0.160. The van der Waals surface area contributed by atoms with Crippen LogP contribution in [0.3, 0.4) is 0 Å². The van der Waals surface area contributed by atoms with Crippen LogP contribution in [0.25, 0.3) is 0 Å². The Morgan fingerprint density at radius 2 is 1.17 bits per heavy atom. The molecule has 2 rings (SSSR count). The van der Waals surface area contributed by atoms with E-state index in [-0.39, 0.29) is 11.1 Å². The molecular weight excluding hydrogens is 296 g/mol. The average molecular weight is 314 g/mol. The van der Waals surface area contributed by atoms with E-state index in [1.54, 1.807) is 24.3 Å². The first-order valence-corrected chi connectivity index (χ1v) is 7.08. The molecule has 2 aromatic carbocycles. The predicted octanol–water partition coefficient (Wildman–Crippen LogP) is 2.12. The number of carboxylic acids is 2. The van der Waals surface area contributed by atoms with Gasteiger partial charge in [-0.25, -0.2) is 4.79 Å². The first-order valence-electron chi connectivity index (χ1n) is 7.08. The molecule has 0 fully saturated rings. The summed E-state index contributed by atoms with van der Waals surface area (Å²) in [4.78, 5) is 23.5. The minimum absolute atomic E-state index is 0.217. The molecule has 1 unspecified atom stereocenters. The summed E-state index contributed by atoms with van der Waals surface area (Å²) in [6.45, 7) is 3.68. The van der Waals surface area contributed by atoms with Crippen LogP contribution in [0.5, 0.6) is 0 Å². The molecule has 1 atom stereocenters. The standard InChI is InChI=1S/C18H18O5/c1-11-3-7-13(8-4-11)18(17(22)23,15(19)16(20)21)14-9-5-12(2)6-10-14/h3-10,15,19H,1-2H3,(H,20,21)(H,22,23). The van der Waals surface area contributed by atoms with E-state index < -0.39 is 23.5 Å². The number of benzene rings is 2. The fourth-order valence-electron chi connectivity index (χ4n) is 2.66. The number of carbonyl (C=O) groups is 2. The van der Waals surface area contributed by atoms with Gasteiger partial charge in [0, 0.05) is 0 Å². The number of aliphatic hydroxyl groups is 1.